The normalized spacial score (nSPS) is 21.1. The van der Waals surface area contributed by atoms with E-state index in [1.165, 1.54) is 0 Å². The van der Waals surface area contributed by atoms with Gasteiger partial charge in [-0.3, -0.25) is 9.69 Å². The van der Waals surface area contributed by atoms with Gasteiger partial charge in [-0.1, -0.05) is 18.2 Å². The summed E-state index contributed by atoms with van der Waals surface area (Å²) < 4.78 is 7.41. The fourth-order valence-electron chi connectivity index (χ4n) is 3.26. The molecule has 3 rings (SSSR count). The van der Waals surface area contributed by atoms with Crippen LogP contribution in [-0.4, -0.2) is 53.2 Å². The van der Waals surface area contributed by atoms with Crippen molar-refractivity contribution in [3.8, 4) is 5.69 Å². The number of ether oxygens (including phenoxy) is 1. The van der Waals surface area contributed by atoms with Crippen molar-refractivity contribution in [3.05, 3.63) is 48.0 Å². The zero-order valence-electron chi connectivity index (χ0n) is 14.4. The minimum atomic E-state index is -0.128. The SMILES string of the molecule is CO[C@H]1C[C@@H](C(=O)NCc2ccccc2-n2ccnc2C)N(C)C1. The summed E-state index contributed by atoms with van der Waals surface area (Å²) in [6, 6.07) is 7.93. The van der Waals surface area contributed by atoms with Crippen LogP contribution in [-0.2, 0) is 16.1 Å². The highest BCUT2D eigenvalue weighted by atomic mass is 16.5. The molecule has 6 nitrogen and oxygen atoms in total. The summed E-state index contributed by atoms with van der Waals surface area (Å²) >= 11 is 0. The van der Waals surface area contributed by atoms with Gasteiger partial charge in [0, 0.05) is 32.6 Å². The molecule has 1 amide bonds. The van der Waals surface area contributed by atoms with Crippen LogP contribution in [0.25, 0.3) is 5.69 Å². The molecule has 1 saturated heterocycles. The van der Waals surface area contributed by atoms with Crippen LogP contribution < -0.4 is 5.32 Å². The number of nitrogens with zero attached hydrogens (tertiary/aromatic N) is 3. The molecule has 0 aliphatic carbocycles. The van der Waals surface area contributed by atoms with Crippen molar-refractivity contribution in [2.45, 2.75) is 32.0 Å². The molecule has 0 spiro atoms. The Bertz CT molecular complexity index is 713. The molecule has 1 aromatic heterocycles. The Morgan fingerprint density at radius 2 is 2.21 bits per heavy atom. The molecule has 2 aromatic rings. The quantitative estimate of drug-likeness (QED) is 0.904. The molecule has 1 aliphatic heterocycles. The smallest absolute Gasteiger partial charge is 0.237 e. The van der Waals surface area contributed by atoms with Crippen molar-refractivity contribution in [2.24, 2.45) is 0 Å². The lowest BCUT2D eigenvalue weighted by molar-refractivity contribution is -0.125. The number of para-hydroxylation sites is 1. The van der Waals surface area contributed by atoms with Crippen LogP contribution >= 0.6 is 0 Å². The van der Waals surface area contributed by atoms with Gasteiger partial charge in [-0.2, -0.15) is 0 Å². The van der Waals surface area contributed by atoms with Gasteiger partial charge in [-0.25, -0.2) is 4.98 Å². The van der Waals surface area contributed by atoms with Gasteiger partial charge in [0.1, 0.15) is 5.82 Å². The number of rotatable bonds is 5. The molecule has 0 bridgehead atoms. The summed E-state index contributed by atoms with van der Waals surface area (Å²) in [6.07, 6.45) is 4.58. The predicted octanol–water partition coefficient (Wildman–Crippen LogP) is 1.52. The summed E-state index contributed by atoms with van der Waals surface area (Å²) in [7, 11) is 3.66. The van der Waals surface area contributed by atoms with Crippen LogP contribution in [0.2, 0.25) is 0 Å². The highest BCUT2D eigenvalue weighted by Gasteiger charge is 2.34. The molecular weight excluding hydrogens is 304 g/mol. The number of likely N-dealkylation sites (tertiary alicyclic amines) is 1. The first-order valence-corrected chi connectivity index (χ1v) is 8.19. The van der Waals surface area contributed by atoms with Gasteiger partial charge in [-0.05, 0) is 32.0 Å². The number of amides is 1. The van der Waals surface area contributed by atoms with E-state index in [0.717, 1.165) is 30.0 Å². The minimum Gasteiger partial charge on any atom is -0.380 e. The molecule has 6 heteroatoms. The first-order valence-electron chi connectivity index (χ1n) is 8.19. The Kier molecular flexibility index (Phi) is 4.97. The topological polar surface area (TPSA) is 59.4 Å². The summed E-state index contributed by atoms with van der Waals surface area (Å²) in [5.74, 6) is 0.974. The number of hydrogen-bond donors (Lipinski definition) is 1. The maximum atomic E-state index is 12.5. The highest BCUT2D eigenvalue weighted by molar-refractivity contribution is 5.82. The summed E-state index contributed by atoms with van der Waals surface area (Å²) in [6.45, 7) is 3.25. The average Bonchev–Trinajstić information content (AvgIpc) is 3.18. The van der Waals surface area contributed by atoms with Crippen molar-refractivity contribution in [2.75, 3.05) is 20.7 Å². The van der Waals surface area contributed by atoms with E-state index in [2.05, 4.69) is 15.2 Å². The molecule has 1 fully saturated rings. The summed E-state index contributed by atoms with van der Waals surface area (Å²) in [4.78, 5) is 18.9. The van der Waals surface area contributed by atoms with E-state index in [1.54, 1.807) is 13.3 Å². The fourth-order valence-corrected chi connectivity index (χ4v) is 3.26. The van der Waals surface area contributed by atoms with Gasteiger partial charge >= 0.3 is 0 Å². The van der Waals surface area contributed by atoms with E-state index in [9.17, 15) is 4.79 Å². The van der Waals surface area contributed by atoms with Crippen molar-refractivity contribution < 1.29 is 9.53 Å². The lowest BCUT2D eigenvalue weighted by Crippen LogP contribution is -2.41. The Morgan fingerprint density at radius 3 is 2.88 bits per heavy atom. The zero-order chi connectivity index (χ0) is 17.1. The number of aryl methyl sites for hydroxylation is 1. The van der Waals surface area contributed by atoms with E-state index in [4.69, 9.17) is 4.74 Å². The maximum Gasteiger partial charge on any atom is 0.237 e. The van der Waals surface area contributed by atoms with Crippen molar-refractivity contribution in [3.63, 3.8) is 0 Å². The Hall–Kier alpha value is -2.18. The number of benzene rings is 1. The molecule has 1 aliphatic rings. The summed E-state index contributed by atoms with van der Waals surface area (Å²) in [5.41, 5.74) is 2.11. The molecule has 0 radical (unpaired) electrons. The van der Waals surface area contributed by atoms with Gasteiger partial charge in [0.05, 0.1) is 17.8 Å². The van der Waals surface area contributed by atoms with Gasteiger partial charge in [0.2, 0.25) is 5.91 Å². The number of hydrogen-bond acceptors (Lipinski definition) is 4. The number of imidazole rings is 1. The van der Waals surface area contributed by atoms with Gasteiger partial charge < -0.3 is 14.6 Å². The second-order valence-corrected chi connectivity index (χ2v) is 6.24. The second-order valence-electron chi connectivity index (χ2n) is 6.24. The first kappa shape index (κ1) is 16.7. The van der Waals surface area contributed by atoms with Crippen LogP contribution in [0.15, 0.2) is 36.7 Å². The number of likely N-dealkylation sites (N-methyl/N-ethyl adjacent to an activating group) is 1. The van der Waals surface area contributed by atoms with Crippen LogP contribution in [0, 0.1) is 6.92 Å². The first-order chi connectivity index (χ1) is 11.6. The minimum absolute atomic E-state index is 0.0502. The van der Waals surface area contributed by atoms with Crippen LogP contribution in [0.1, 0.15) is 17.8 Å². The van der Waals surface area contributed by atoms with Gasteiger partial charge in [0.15, 0.2) is 0 Å². The van der Waals surface area contributed by atoms with E-state index in [1.807, 2.05) is 49.0 Å². The molecule has 2 atom stereocenters. The lowest BCUT2D eigenvalue weighted by Gasteiger charge is -2.19. The third-order valence-corrected chi connectivity index (χ3v) is 4.68. The molecule has 0 saturated carbocycles. The largest absolute Gasteiger partial charge is 0.380 e. The van der Waals surface area contributed by atoms with E-state index >= 15 is 0 Å². The molecule has 1 aromatic carbocycles. The fraction of sp³-hybridized carbons (Fsp3) is 0.444. The van der Waals surface area contributed by atoms with E-state index < -0.39 is 0 Å². The predicted molar refractivity (Wildman–Crippen MR) is 92.0 cm³/mol. The van der Waals surface area contributed by atoms with E-state index in [0.29, 0.717) is 6.54 Å². The van der Waals surface area contributed by atoms with Crippen molar-refractivity contribution in [1.82, 2.24) is 19.8 Å². The average molecular weight is 328 g/mol. The Balaban J connectivity index is 1.69. The maximum absolute atomic E-state index is 12.5. The van der Waals surface area contributed by atoms with Gasteiger partial charge in [-0.15, -0.1) is 0 Å². The Morgan fingerprint density at radius 1 is 1.42 bits per heavy atom. The molecular formula is C18H24N4O2. The van der Waals surface area contributed by atoms with Crippen molar-refractivity contribution >= 4 is 5.91 Å². The van der Waals surface area contributed by atoms with E-state index in [-0.39, 0.29) is 18.1 Å². The number of carbonyl (C=O) groups is 1. The third kappa shape index (κ3) is 3.34. The molecule has 1 N–H and O–H groups in total. The molecule has 128 valence electrons. The number of carbonyl (C=O) groups excluding carboxylic acids is 1. The van der Waals surface area contributed by atoms with Crippen molar-refractivity contribution in [1.29, 1.82) is 0 Å². The number of methoxy groups -OCH3 is 1. The molecule has 2 heterocycles. The van der Waals surface area contributed by atoms with Crippen LogP contribution in [0.4, 0.5) is 0 Å². The Labute approximate surface area is 142 Å². The second kappa shape index (κ2) is 7.15. The molecule has 0 unspecified atom stereocenters. The number of aromatic nitrogens is 2. The standard InChI is InChI=1S/C18H24N4O2/c1-13-19-8-9-22(13)16-7-5-4-6-14(16)11-20-18(23)17-10-15(24-3)12-21(17)2/h4-9,15,17H,10-12H2,1-3H3,(H,20,23)/t15-,17-/m0/s1. The third-order valence-electron chi connectivity index (χ3n) is 4.68. The lowest BCUT2D eigenvalue weighted by atomic mass is 10.1. The van der Waals surface area contributed by atoms with Crippen LogP contribution in [0.3, 0.4) is 0 Å². The zero-order valence-corrected chi connectivity index (χ0v) is 14.4. The van der Waals surface area contributed by atoms with Crippen LogP contribution in [0.5, 0.6) is 0 Å². The highest BCUT2D eigenvalue weighted by Crippen LogP contribution is 2.19. The summed E-state index contributed by atoms with van der Waals surface area (Å²) in [5, 5.41) is 3.07. The van der Waals surface area contributed by atoms with Gasteiger partial charge in [0.25, 0.3) is 0 Å². The molecule has 24 heavy (non-hydrogen) atoms. The monoisotopic (exact) mass is 328 g/mol. The number of nitrogens with one attached hydrogen (secondary N) is 1.